The van der Waals surface area contributed by atoms with Crippen LogP contribution >= 0.6 is 23.2 Å². The minimum atomic E-state index is -0.481. The van der Waals surface area contributed by atoms with Crippen LogP contribution in [0.3, 0.4) is 0 Å². The van der Waals surface area contributed by atoms with Crippen molar-refractivity contribution in [3.05, 3.63) is 22.2 Å². The molecule has 2 rings (SSSR count). The van der Waals surface area contributed by atoms with Crippen molar-refractivity contribution in [2.24, 2.45) is 0 Å². The van der Waals surface area contributed by atoms with Gasteiger partial charge in [0.15, 0.2) is 0 Å². The fraction of sp³-hybridized carbons (Fsp3) is 0.667. The van der Waals surface area contributed by atoms with E-state index in [9.17, 15) is 4.79 Å². The average molecular weight is 361 g/mol. The molecule has 1 aromatic rings. The molecule has 2 heterocycles. The third-order valence-electron chi connectivity index (χ3n) is 3.57. The summed E-state index contributed by atoms with van der Waals surface area (Å²) < 4.78 is 5.42. The minimum absolute atomic E-state index is 0.140. The van der Waals surface area contributed by atoms with Gasteiger partial charge in [0.1, 0.15) is 10.8 Å². The molecule has 1 aliphatic rings. The molecule has 0 aromatic carbocycles. The molecule has 1 atom stereocenters. The van der Waals surface area contributed by atoms with Crippen LogP contribution in [0.1, 0.15) is 33.3 Å². The van der Waals surface area contributed by atoms with Crippen molar-refractivity contribution < 1.29 is 9.53 Å². The number of carbonyl (C=O) groups excluding carboxylic acids is 1. The largest absolute Gasteiger partial charge is 0.444 e. The van der Waals surface area contributed by atoms with Crippen LogP contribution in [0.2, 0.25) is 10.4 Å². The molecular formula is C15H22Cl2N4O2. The van der Waals surface area contributed by atoms with Crippen molar-refractivity contribution in [2.75, 3.05) is 19.6 Å². The van der Waals surface area contributed by atoms with Gasteiger partial charge in [0.25, 0.3) is 0 Å². The Hall–Kier alpha value is -1.11. The van der Waals surface area contributed by atoms with E-state index in [1.807, 2.05) is 20.8 Å². The zero-order valence-electron chi connectivity index (χ0n) is 13.8. The molecule has 0 spiro atoms. The second kappa shape index (κ2) is 7.20. The van der Waals surface area contributed by atoms with Crippen LogP contribution in [-0.2, 0) is 11.3 Å². The quantitative estimate of drug-likeness (QED) is 0.598. The van der Waals surface area contributed by atoms with E-state index in [1.54, 1.807) is 11.1 Å². The Morgan fingerprint density at radius 3 is 2.65 bits per heavy atom. The molecule has 23 heavy (non-hydrogen) atoms. The predicted molar refractivity (Wildman–Crippen MR) is 89.7 cm³/mol. The standard InChI is InChI=1S/C15H22Cl2N4O2/c1-10-8-21(14(22)23-15(2,3)4)6-5-20(10)9-11-7-18-13(17)19-12(11)16/h7,10H,5-6,8-9H2,1-4H3/t10-/m1/s1. The summed E-state index contributed by atoms with van der Waals surface area (Å²) in [6, 6.07) is 0.183. The molecule has 1 fully saturated rings. The first-order valence-corrected chi connectivity index (χ1v) is 8.30. The van der Waals surface area contributed by atoms with Gasteiger partial charge in [-0.15, -0.1) is 0 Å². The van der Waals surface area contributed by atoms with E-state index in [-0.39, 0.29) is 17.4 Å². The summed E-state index contributed by atoms with van der Waals surface area (Å²) in [5.74, 6) is 0. The highest BCUT2D eigenvalue weighted by molar-refractivity contribution is 6.32. The van der Waals surface area contributed by atoms with Gasteiger partial charge in [0.05, 0.1) is 0 Å². The van der Waals surface area contributed by atoms with Gasteiger partial charge in [-0.2, -0.15) is 0 Å². The van der Waals surface area contributed by atoms with E-state index in [0.29, 0.717) is 24.8 Å². The van der Waals surface area contributed by atoms with Crippen molar-refractivity contribution in [1.29, 1.82) is 0 Å². The molecule has 6 nitrogen and oxygen atoms in total. The highest BCUT2D eigenvalue weighted by Crippen LogP contribution is 2.20. The van der Waals surface area contributed by atoms with Gasteiger partial charge in [-0.3, -0.25) is 4.90 Å². The summed E-state index contributed by atoms with van der Waals surface area (Å²) in [5.41, 5.74) is 0.347. The van der Waals surface area contributed by atoms with E-state index >= 15 is 0 Å². The van der Waals surface area contributed by atoms with Crippen molar-refractivity contribution in [2.45, 2.75) is 45.9 Å². The molecule has 8 heteroatoms. The van der Waals surface area contributed by atoms with Crippen molar-refractivity contribution in [1.82, 2.24) is 19.8 Å². The van der Waals surface area contributed by atoms with Crippen LogP contribution in [0.15, 0.2) is 6.20 Å². The fourth-order valence-electron chi connectivity index (χ4n) is 2.41. The second-order valence-electron chi connectivity index (χ2n) is 6.70. The van der Waals surface area contributed by atoms with E-state index in [4.69, 9.17) is 27.9 Å². The number of rotatable bonds is 2. The first-order chi connectivity index (χ1) is 10.7. The Kier molecular flexibility index (Phi) is 5.70. The van der Waals surface area contributed by atoms with Crippen LogP contribution in [0.5, 0.6) is 0 Å². The summed E-state index contributed by atoms with van der Waals surface area (Å²) in [7, 11) is 0. The van der Waals surface area contributed by atoms with Crippen molar-refractivity contribution in [3.63, 3.8) is 0 Å². The predicted octanol–water partition coefficient (Wildman–Crippen LogP) is 3.22. The molecule has 0 N–H and O–H groups in total. The van der Waals surface area contributed by atoms with Gasteiger partial charge in [0, 0.05) is 44.0 Å². The average Bonchev–Trinajstić information content (AvgIpc) is 2.41. The first-order valence-electron chi connectivity index (χ1n) is 7.54. The van der Waals surface area contributed by atoms with Crippen molar-refractivity contribution in [3.8, 4) is 0 Å². The van der Waals surface area contributed by atoms with Crippen LogP contribution < -0.4 is 0 Å². The molecule has 0 bridgehead atoms. The molecule has 128 valence electrons. The van der Waals surface area contributed by atoms with E-state index < -0.39 is 5.60 Å². The molecular weight excluding hydrogens is 339 g/mol. The maximum absolute atomic E-state index is 12.1. The highest BCUT2D eigenvalue weighted by Gasteiger charge is 2.30. The van der Waals surface area contributed by atoms with Gasteiger partial charge in [-0.05, 0) is 39.3 Å². The molecule has 1 amide bonds. The number of nitrogens with zero attached hydrogens (tertiary/aromatic N) is 4. The van der Waals surface area contributed by atoms with Crippen LogP contribution in [-0.4, -0.2) is 57.1 Å². The Morgan fingerprint density at radius 1 is 1.39 bits per heavy atom. The molecule has 0 radical (unpaired) electrons. The van der Waals surface area contributed by atoms with Gasteiger partial charge in [-0.1, -0.05) is 11.6 Å². The molecule has 1 aliphatic heterocycles. The van der Waals surface area contributed by atoms with Gasteiger partial charge in [0.2, 0.25) is 5.28 Å². The maximum atomic E-state index is 12.1. The van der Waals surface area contributed by atoms with Crippen LogP contribution in [0.4, 0.5) is 4.79 Å². The summed E-state index contributed by atoms with van der Waals surface area (Å²) in [6.07, 6.45) is 1.38. The lowest BCUT2D eigenvalue weighted by Gasteiger charge is -2.40. The zero-order valence-corrected chi connectivity index (χ0v) is 15.4. The molecule has 0 saturated carbocycles. The topological polar surface area (TPSA) is 58.6 Å². The minimum Gasteiger partial charge on any atom is -0.444 e. The third kappa shape index (κ3) is 5.19. The van der Waals surface area contributed by atoms with Crippen LogP contribution in [0, 0.1) is 0 Å². The lowest BCUT2D eigenvalue weighted by molar-refractivity contribution is 0.00458. The lowest BCUT2D eigenvalue weighted by Crippen LogP contribution is -2.54. The number of halogens is 2. The summed E-state index contributed by atoms with van der Waals surface area (Å²) >= 11 is 11.8. The SMILES string of the molecule is C[C@@H]1CN(C(=O)OC(C)(C)C)CCN1Cc1cnc(Cl)nc1Cl. The third-order valence-corrected chi connectivity index (χ3v) is 4.08. The zero-order chi connectivity index (χ0) is 17.2. The monoisotopic (exact) mass is 360 g/mol. The summed E-state index contributed by atoms with van der Waals surface area (Å²) in [6.45, 7) is 10.3. The second-order valence-corrected chi connectivity index (χ2v) is 7.40. The fourth-order valence-corrected chi connectivity index (χ4v) is 2.78. The number of amides is 1. The summed E-state index contributed by atoms with van der Waals surface area (Å²) in [5, 5.41) is 0.508. The van der Waals surface area contributed by atoms with Gasteiger partial charge >= 0.3 is 6.09 Å². The molecule has 0 aliphatic carbocycles. The Morgan fingerprint density at radius 2 is 2.09 bits per heavy atom. The van der Waals surface area contributed by atoms with Gasteiger partial charge < -0.3 is 9.64 Å². The summed E-state index contributed by atoms with van der Waals surface area (Å²) in [4.78, 5) is 24.1. The lowest BCUT2D eigenvalue weighted by atomic mass is 10.1. The van der Waals surface area contributed by atoms with E-state index in [2.05, 4.69) is 21.8 Å². The first kappa shape index (κ1) is 18.2. The molecule has 0 unspecified atom stereocenters. The van der Waals surface area contributed by atoms with E-state index in [0.717, 1.165) is 12.1 Å². The number of carbonyl (C=O) groups is 1. The molecule has 1 saturated heterocycles. The number of piperazine rings is 1. The van der Waals surface area contributed by atoms with Crippen molar-refractivity contribution >= 4 is 29.3 Å². The number of hydrogen-bond donors (Lipinski definition) is 0. The Balaban J connectivity index is 1.95. The molecule has 1 aromatic heterocycles. The maximum Gasteiger partial charge on any atom is 0.410 e. The Labute approximate surface area is 146 Å². The highest BCUT2D eigenvalue weighted by atomic mass is 35.5. The Bertz CT molecular complexity index is 577. The number of hydrogen-bond acceptors (Lipinski definition) is 5. The number of ether oxygens (including phenoxy) is 1. The smallest absolute Gasteiger partial charge is 0.410 e. The number of aromatic nitrogens is 2. The van der Waals surface area contributed by atoms with Crippen LogP contribution in [0.25, 0.3) is 0 Å². The normalized spacial score (nSPS) is 19.7. The van der Waals surface area contributed by atoms with E-state index in [1.165, 1.54) is 0 Å². The van der Waals surface area contributed by atoms with Gasteiger partial charge in [-0.25, -0.2) is 14.8 Å².